The molecule has 5 nitrogen and oxygen atoms in total. The molecule has 0 saturated heterocycles. The number of primary amides is 1. The highest BCUT2D eigenvalue weighted by atomic mass is 16.1. The number of anilines is 1. The minimum Gasteiger partial charge on any atom is -0.368 e. The number of amides is 1. The summed E-state index contributed by atoms with van der Waals surface area (Å²) < 4.78 is 0. The average Bonchev–Trinajstić information content (AvgIpc) is 2.36. The lowest BCUT2D eigenvalue weighted by molar-refractivity contribution is -0.116. The van der Waals surface area contributed by atoms with Crippen LogP contribution in [0.25, 0.3) is 10.9 Å². The van der Waals surface area contributed by atoms with E-state index in [2.05, 4.69) is 11.1 Å². The first-order valence-corrected chi connectivity index (χ1v) is 5.40. The van der Waals surface area contributed by atoms with Crippen molar-refractivity contribution in [2.75, 3.05) is 18.5 Å². The Bertz CT molecular complexity index is 645. The van der Waals surface area contributed by atoms with Gasteiger partial charge in [0.1, 0.15) is 5.82 Å². The monoisotopic (exact) mass is 240 g/mol. The number of likely N-dealkylation sites (N-methyl/N-ethyl adjacent to an activating group) is 1. The highest BCUT2D eigenvalue weighted by molar-refractivity contribution is 5.83. The van der Waals surface area contributed by atoms with Gasteiger partial charge in [0.25, 0.3) is 0 Å². The Morgan fingerprint density at radius 3 is 2.89 bits per heavy atom. The Balaban J connectivity index is 2.39. The first-order chi connectivity index (χ1) is 8.60. The number of rotatable bonds is 3. The number of hydrogen-bond donors (Lipinski definition) is 1. The summed E-state index contributed by atoms with van der Waals surface area (Å²) in [6.45, 7) is 0.120. The molecule has 0 aliphatic heterocycles. The zero-order chi connectivity index (χ0) is 13.1. The molecule has 0 aliphatic rings. The topological polar surface area (TPSA) is 83.0 Å². The van der Waals surface area contributed by atoms with Crippen molar-refractivity contribution in [1.82, 2.24) is 4.98 Å². The molecule has 0 bridgehead atoms. The normalized spacial score (nSPS) is 10.0. The van der Waals surface area contributed by atoms with Crippen molar-refractivity contribution in [3.63, 3.8) is 0 Å². The number of nitrogens with two attached hydrogens (primary N) is 1. The van der Waals surface area contributed by atoms with Crippen LogP contribution >= 0.6 is 0 Å². The predicted molar refractivity (Wildman–Crippen MR) is 68.9 cm³/mol. The molecule has 90 valence electrons. The molecule has 0 spiro atoms. The van der Waals surface area contributed by atoms with E-state index in [1.807, 2.05) is 6.07 Å². The van der Waals surface area contributed by atoms with Gasteiger partial charge in [0, 0.05) is 12.4 Å². The molecule has 0 saturated carbocycles. The van der Waals surface area contributed by atoms with Crippen molar-refractivity contribution in [2.45, 2.75) is 0 Å². The summed E-state index contributed by atoms with van der Waals surface area (Å²) in [5.41, 5.74) is 6.52. The molecule has 0 atom stereocenters. The number of hydrogen-bond acceptors (Lipinski definition) is 4. The summed E-state index contributed by atoms with van der Waals surface area (Å²) >= 11 is 0. The first kappa shape index (κ1) is 11.9. The largest absolute Gasteiger partial charge is 0.368 e. The summed E-state index contributed by atoms with van der Waals surface area (Å²) in [5.74, 6) is 0.269. The summed E-state index contributed by atoms with van der Waals surface area (Å²) in [6, 6.07) is 11.0. The number of nitriles is 1. The quantitative estimate of drug-likeness (QED) is 0.868. The molecule has 2 rings (SSSR count). The molecule has 0 aliphatic carbocycles. The van der Waals surface area contributed by atoms with Gasteiger partial charge >= 0.3 is 0 Å². The maximum absolute atomic E-state index is 10.8. The third-order valence-corrected chi connectivity index (χ3v) is 2.59. The Morgan fingerprint density at radius 1 is 1.44 bits per heavy atom. The van der Waals surface area contributed by atoms with Gasteiger partial charge in [-0.2, -0.15) is 5.26 Å². The van der Waals surface area contributed by atoms with Crippen LogP contribution in [-0.2, 0) is 4.79 Å². The van der Waals surface area contributed by atoms with E-state index in [1.54, 1.807) is 36.2 Å². The van der Waals surface area contributed by atoms with E-state index in [9.17, 15) is 4.79 Å². The summed E-state index contributed by atoms with van der Waals surface area (Å²) in [7, 11) is 1.75. The fourth-order valence-corrected chi connectivity index (χ4v) is 1.71. The van der Waals surface area contributed by atoms with E-state index in [0.29, 0.717) is 11.4 Å². The molecule has 1 aromatic heterocycles. The molecule has 1 heterocycles. The van der Waals surface area contributed by atoms with Gasteiger partial charge in [-0.05, 0) is 30.3 Å². The summed E-state index contributed by atoms with van der Waals surface area (Å²) in [6.07, 6.45) is 0. The number of benzene rings is 1. The third-order valence-electron chi connectivity index (χ3n) is 2.59. The van der Waals surface area contributed by atoms with E-state index in [1.165, 1.54) is 0 Å². The minimum atomic E-state index is -0.403. The standard InChI is InChI=1S/C13H12N4O/c1-17(8-12(15)18)13-5-3-10-6-9(7-14)2-4-11(10)16-13/h2-6H,8H2,1H3,(H2,15,18). The smallest absolute Gasteiger partial charge is 0.236 e. The van der Waals surface area contributed by atoms with E-state index < -0.39 is 5.91 Å². The number of carbonyl (C=O) groups excluding carboxylic acids is 1. The van der Waals surface area contributed by atoms with Gasteiger partial charge < -0.3 is 10.6 Å². The maximum Gasteiger partial charge on any atom is 0.236 e. The highest BCUT2D eigenvalue weighted by Gasteiger charge is 2.06. The van der Waals surface area contributed by atoms with Crippen LogP contribution in [0.5, 0.6) is 0 Å². The Kier molecular flexibility index (Phi) is 3.11. The van der Waals surface area contributed by atoms with Crippen molar-refractivity contribution in [2.24, 2.45) is 5.73 Å². The maximum atomic E-state index is 10.8. The second-order valence-electron chi connectivity index (χ2n) is 4.01. The fraction of sp³-hybridized carbons (Fsp3) is 0.154. The van der Waals surface area contributed by atoms with Crippen molar-refractivity contribution < 1.29 is 4.79 Å². The van der Waals surface area contributed by atoms with E-state index in [4.69, 9.17) is 11.0 Å². The van der Waals surface area contributed by atoms with E-state index >= 15 is 0 Å². The van der Waals surface area contributed by atoms with Crippen molar-refractivity contribution in [3.8, 4) is 6.07 Å². The van der Waals surface area contributed by atoms with Gasteiger partial charge in [-0.1, -0.05) is 0 Å². The molecular weight excluding hydrogens is 228 g/mol. The Morgan fingerprint density at radius 2 is 2.22 bits per heavy atom. The van der Waals surface area contributed by atoms with Gasteiger partial charge in [-0.15, -0.1) is 0 Å². The Hall–Kier alpha value is -2.61. The number of pyridine rings is 1. The van der Waals surface area contributed by atoms with Gasteiger partial charge in [-0.25, -0.2) is 4.98 Å². The summed E-state index contributed by atoms with van der Waals surface area (Å²) in [5, 5.41) is 9.70. The van der Waals surface area contributed by atoms with Crippen LogP contribution in [0, 0.1) is 11.3 Å². The second kappa shape index (κ2) is 4.72. The lowest BCUT2D eigenvalue weighted by Gasteiger charge is -2.16. The number of carbonyl (C=O) groups is 1. The fourth-order valence-electron chi connectivity index (χ4n) is 1.71. The lowest BCUT2D eigenvalue weighted by atomic mass is 10.1. The average molecular weight is 240 g/mol. The first-order valence-electron chi connectivity index (χ1n) is 5.40. The van der Waals surface area contributed by atoms with Crippen molar-refractivity contribution in [1.29, 1.82) is 5.26 Å². The molecule has 2 aromatic rings. The van der Waals surface area contributed by atoms with E-state index in [-0.39, 0.29) is 6.54 Å². The SMILES string of the molecule is CN(CC(N)=O)c1ccc2cc(C#N)ccc2n1. The number of nitrogens with zero attached hydrogens (tertiary/aromatic N) is 3. The van der Waals surface area contributed by atoms with Crippen LogP contribution in [0.4, 0.5) is 5.82 Å². The van der Waals surface area contributed by atoms with Crippen LogP contribution in [0.3, 0.4) is 0 Å². The van der Waals surface area contributed by atoms with Crippen molar-refractivity contribution >= 4 is 22.6 Å². The molecule has 1 aromatic carbocycles. The predicted octanol–water partition coefficient (Wildman–Crippen LogP) is 1.03. The molecule has 5 heteroatoms. The molecule has 0 fully saturated rings. The second-order valence-corrected chi connectivity index (χ2v) is 4.01. The van der Waals surface area contributed by atoms with Crippen molar-refractivity contribution in [3.05, 3.63) is 35.9 Å². The zero-order valence-electron chi connectivity index (χ0n) is 9.92. The number of aromatic nitrogens is 1. The van der Waals surface area contributed by atoms with Gasteiger partial charge in [0.05, 0.1) is 23.7 Å². The molecular formula is C13H12N4O. The van der Waals surface area contributed by atoms with Crippen LogP contribution in [0.15, 0.2) is 30.3 Å². The number of fused-ring (bicyclic) bond motifs is 1. The van der Waals surface area contributed by atoms with Gasteiger partial charge in [-0.3, -0.25) is 4.79 Å². The van der Waals surface area contributed by atoms with Crippen LogP contribution < -0.4 is 10.6 Å². The molecule has 0 unspecified atom stereocenters. The van der Waals surface area contributed by atoms with E-state index in [0.717, 1.165) is 10.9 Å². The third kappa shape index (κ3) is 2.38. The van der Waals surface area contributed by atoms with Crippen LogP contribution in [-0.4, -0.2) is 24.5 Å². The molecule has 1 amide bonds. The molecule has 18 heavy (non-hydrogen) atoms. The summed E-state index contributed by atoms with van der Waals surface area (Å²) in [4.78, 5) is 16.9. The van der Waals surface area contributed by atoms with Gasteiger partial charge in [0.15, 0.2) is 0 Å². The lowest BCUT2D eigenvalue weighted by Crippen LogP contribution is -2.30. The molecule has 0 radical (unpaired) electrons. The van der Waals surface area contributed by atoms with Gasteiger partial charge in [0.2, 0.25) is 5.91 Å². The van der Waals surface area contributed by atoms with Crippen LogP contribution in [0.1, 0.15) is 5.56 Å². The molecule has 2 N–H and O–H groups in total. The Labute approximate surface area is 104 Å². The minimum absolute atomic E-state index is 0.120. The zero-order valence-corrected chi connectivity index (χ0v) is 9.92. The highest BCUT2D eigenvalue weighted by Crippen LogP contribution is 2.18. The van der Waals surface area contributed by atoms with Crippen LogP contribution in [0.2, 0.25) is 0 Å².